The zero-order chi connectivity index (χ0) is 16.7. The lowest BCUT2D eigenvalue weighted by molar-refractivity contribution is 0.578. The van der Waals surface area contributed by atoms with E-state index in [0.29, 0.717) is 12.5 Å². The average Bonchev–Trinajstić information content (AvgIpc) is 2.44. The fourth-order valence-corrected chi connectivity index (χ4v) is 2.61. The van der Waals surface area contributed by atoms with Crippen molar-refractivity contribution in [2.75, 3.05) is 31.6 Å². The van der Waals surface area contributed by atoms with Gasteiger partial charge in [0, 0.05) is 25.9 Å². The summed E-state index contributed by atoms with van der Waals surface area (Å²) < 4.78 is 22.2. The van der Waals surface area contributed by atoms with Gasteiger partial charge in [0.15, 0.2) is 5.96 Å². The molecule has 0 aliphatic carbocycles. The highest BCUT2D eigenvalue weighted by Crippen LogP contribution is 2.08. The van der Waals surface area contributed by atoms with E-state index in [2.05, 4.69) is 22.5 Å². The molecule has 0 aromatic heterocycles. The van der Waals surface area contributed by atoms with E-state index < -0.39 is 9.84 Å². The van der Waals surface area contributed by atoms with E-state index in [1.165, 1.54) is 51.2 Å². The predicted octanol–water partition coefficient (Wildman–Crippen LogP) is 2.73. The van der Waals surface area contributed by atoms with Crippen LogP contribution in [0.25, 0.3) is 0 Å². The molecule has 22 heavy (non-hydrogen) atoms. The van der Waals surface area contributed by atoms with Gasteiger partial charge >= 0.3 is 0 Å². The zero-order valence-electron chi connectivity index (χ0n) is 14.7. The SMILES string of the molecule is CCCCCCCCCCN=C(NCC)NCCS(C)(=O)=O. The molecule has 0 bridgehead atoms. The summed E-state index contributed by atoms with van der Waals surface area (Å²) >= 11 is 0. The van der Waals surface area contributed by atoms with Crippen LogP contribution in [0.3, 0.4) is 0 Å². The maximum atomic E-state index is 11.1. The Hall–Kier alpha value is -0.780. The molecular weight excluding hydrogens is 298 g/mol. The van der Waals surface area contributed by atoms with Gasteiger partial charge < -0.3 is 10.6 Å². The lowest BCUT2D eigenvalue weighted by Gasteiger charge is -2.10. The highest BCUT2D eigenvalue weighted by Gasteiger charge is 2.02. The predicted molar refractivity (Wildman–Crippen MR) is 96.3 cm³/mol. The lowest BCUT2D eigenvalue weighted by Crippen LogP contribution is -2.39. The van der Waals surface area contributed by atoms with Gasteiger partial charge in [-0.15, -0.1) is 0 Å². The van der Waals surface area contributed by atoms with E-state index in [1.807, 2.05) is 6.92 Å². The van der Waals surface area contributed by atoms with E-state index in [4.69, 9.17) is 0 Å². The minimum Gasteiger partial charge on any atom is -0.357 e. The van der Waals surface area contributed by atoms with Gasteiger partial charge in [0.25, 0.3) is 0 Å². The van der Waals surface area contributed by atoms with Gasteiger partial charge in [-0.25, -0.2) is 8.42 Å². The third kappa shape index (κ3) is 15.6. The Kier molecular flexibility index (Phi) is 13.4. The molecule has 0 atom stereocenters. The summed E-state index contributed by atoms with van der Waals surface area (Å²) in [7, 11) is -2.92. The summed E-state index contributed by atoms with van der Waals surface area (Å²) in [5, 5.41) is 6.20. The van der Waals surface area contributed by atoms with Gasteiger partial charge in [-0.2, -0.15) is 0 Å². The van der Waals surface area contributed by atoms with Gasteiger partial charge in [0.1, 0.15) is 9.84 Å². The fraction of sp³-hybridized carbons (Fsp3) is 0.938. The van der Waals surface area contributed by atoms with Crippen LogP contribution < -0.4 is 10.6 Å². The number of sulfone groups is 1. The van der Waals surface area contributed by atoms with E-state index in [1.54, 1.807) is 0 Å². The highest BCUT2D eigenvalue weighted by atomic mass is 32.2. The molecule has 5 nitrogen and oxygen atoms in total. The van der Waals surface area contributed by atoms with Crippen LogP contribution in [-0.2, 0) is 9.84 Å². The molecule has 0 saturated carbocycles. The third-order valence-corrected chi connectivity index (χ3v) is 4.34. The van der Waals surface area contributed by atoms with Crippen molar-refractivity contribution >= 4 is 15.8 Å². The molecule has 0 unspecified atom stereocenters. The van der Waals surface area contributed by atoms with Crippen LogP contribution in [0.2, 0.25) is 0 Å². The molecule has 0 radical (unpaired) electrons. The van der Waals surface area contributed by atoms with Crippen LogP contribution in [0.1, 0.15) is 65.2 Å². The minimum atomic E-state index is -2.92. The van der Waals surface area contributed by atoms with Crippen LogP contribution in [0.15, 0.2) is 4.99 Å². The van der Waals surface area contributed by atoms with Crippen molar-refractivity contribution in [3.63, 3.8) is 0 Å². The molecule has 0 aliphatic heterocycles. The van der Waals surface area contributed by atoms with Crippen molar-refractivity contribution in [2.24, 2.45) is 4.99 Å². The quantitative estimate of drug-likeness (QED) is 0.309. The Bertz CT molecular complexity index is 381. The molecule has 2 N–H and O–H groups in total. The van der Waals surface area contributed by atoms with E-state index in [0.717, 1.165) is 19.5 Å². The summed E-state index contributed by atoms with van der Waals surface area (Å²) in [6, 6.07) is 0. The fourth-order valence-electron chi connectivity index (χ4n) is 2.13. The molecule has 0 heterocycles. The number of hydrogen-bond donors (Lipinski definition) is 2. The van der Waals surface area contributed by atoms with Crippen molar-refractivity contribution in [1.29, 1.82) is 0 Å². The van der Waals surface area contributed by atoms with E-state index in [9.17, 15) is 8.42 Å². The van der Waals surface area contributed by atoms with Gasteiger partial charge in [0.2, 0.25) is 0 Å². The molecule has 0 aromatic rings. The Balaban J connectivity index is 3.73. The Morgan fingerprint density at radius 3 is 2.05 bits per heavy atom. The number of aliphatic imine (C=N–C) groups is 1. The van der Waals surface area contributed by atoms with Gasteiger partial charge in [0.05, 0.1) is 5.75 Å². The summed E-state index contributed by atoms with van der Waals surface area (Å²) in [5.74, 6) is 0.851. The molecule has 132 valence electrons. The molecular formula is C16H35N3O2S. The first kappa shape index (κ1) is 21.2. The number of rotatable bonds is 13. The highest BCUT2D eigenvalue weighted by molar-refractivity contribution is 7.90. The molecule has 0 spiro atoms. The monoisotopic (exact) mass is 333 g/mol. The zero-order valence-corrected chi connectivity index (χ0v) is 15.5. The number of hydrogen-bond acceptors (Lipinski definition) is 3. The average molecular weight is 334 g/mol. The molecule has 0 amide bonds. The number of nitrogens with one attached hydrogen (secondary N) is 2. The van der Waals surface area contributed by atoms with Crippen LogP contribution in [0.5, 0.6) is 0 Å². The second-order valence-electron chi connectivity index (χ2n) is 5.79. The molecule has 0 fully saturated rings. The first-order valence-electron chi connectivity index (χ1n) is 8.69. The van der Waals surface area contributed by atoms with E-state index >= 15 is 0 Å². The molecule has 0 rings (SSSR count). The Morgan fingerprint density at radius 1 is 0.909 bits per heavy atom. The Labute approximate surface area is 137 Å². The largest absolute Gasteiger partial charge is 0.357 e. The second kappa shape index (κ2) is 13.9. The Morgan fingerprint density at radius 2 is 1.50 bits per heavy atom. The standard InChI is InChI=1S/C16H35N3O2S/c1-4-6-7-8-9-10-11-12-13-18-16(17-5-2)19-14-15-22(3,20)21/h4-15H2,1-3H3,(H2,17,18,19). The third-order valence-electron chi connectivity index (χ3n) is 3.39. The summed E-state index contributed by atoms with van der Waals surface area (Å²) in [4.78, 5) is 4.48. The van der Waals surface area contributed by atoms with Crippen molar-refractivity contribution < 1.29 is 8.42 Å². The topological polar surface area (TPSA) is 70.6 Å². The molecule has 0 saturated heterocycles. The van der Waals surface area contributed by atoms with Crippen molar-refractivity contribution in [2.45, 2.75) is 65.2 Å². The minimum absolute atomic E-state index is 0.134. The van der Waals surface area contributed by atoms with Crippen molar-refractivity contribution in [3.8, 4) is 0 Å². The van der Waals surface area contributed by atoms with Crippen LogP contribution in [0.4, 0.5) is 0 Å². The van der Waals surface area contributed by atoms with Gasteiger partial charge in [-0.1, -0.05) is 51.9 Å². The van der Waals surface area contributed by atoms with E-state index in [-0.39, 0.29) is 5.75 Å². The maximum absolute atomic E-state index is 11.1. The summed E-state index contributed by atoms with van der Waals surface area (Å²) in [6.45, 7) is 6.22. The first-order chi connectivity index (χ1) is 10.5. The van der Waals surface area contributed by atoms with Crippen LogP contribution >= 0.6 is 0 Å². The van der Waals surface area contributed by atoms with Gasteiger partial charge in [-0.3, -0.25) is 4.99 Å². The molecule has 6 heteroatoms. The number of nitrogens with zero attached hydrogens (tertiary/aromatic N) is 1. The summed E-state index contributed by atoms with van der Waals surface area (Å²) in [6.07, 6.45) is 11.6. The number of guanidine groups is 1. The molecule has 0 aliphatic rings. The van der Waals surface area contributed by atoms with Crippen LogP contribution in [-0.4, -0.2) is 46.0 Å². The smallest absolute Gasteiger partial charge is 0.191 e. The number of unbranched alkanes of at least 4 members (excludes halogenated alkanes) is 7. The molecule has 0 aromatic carbocycles. The van der Waals surface area contributed by atoms with Gasteiger partial charge in [-0.05, 0) is 13.3 Å². The lowest BCUT2D eigenvalue weighted by atomic mass is 10.1. The van der Waals surface area contributed by atoms with Crippen molar-refractivity contribution in [1.82, 2.24) is 10.6 Å². The second-order valence-corrected chi connectivity index (χ2v) is 8.05. The first-order valence-corrected chi connectivity index (χ1v) is 10.8. The summed E-state index contributed by atoms with van der Waals surface area (Å²) in [5.41, 5.74) is 0. The van der Waals surface area contributed by atoms with Crippen molar-refractivity contribution in [3.05, 3.63) is 0 Å². The normalized spacial score (nSPS) is 12.4. The van der Waals surface area contributed by atoms with Crippen LogP contribution in [0, 0.1) is 0 Å². The maximum Gasteiger partial charge on any atom is 0.191 e.